The molecule has 1 aromatic rings. The van der Waals surface area contributed by atoms with Gasteiger partial charge in [0, 0.05) is 13.1 Å². The summed E-state index contributed by atoms with van der Waals surface area (Å²) in [6.07, 6.45) is 0.466. The van der Waals surface area contributed by atoms with Crippen LogP contribution in [-0.4, -0.2) is 60.3 Å². The molecule has 2 aliphatic heterocycles. The first-order valence-electron chi connectivity index (χ1n) is 8.07. The van der Waals surface area contributed by atoms with Gasteiger partial charge in [-0.1, -0.05) is 11.8 Å². The molecule has 0 saturated carbocycles. The lowest BCUT2D eigenvalue weighted by molar-refractivity contribution is -0.126. The molecule has 3 rings (SSSR count). The fraction of sp³-hybridized carbons (Fsp3) is 0.500. The van der Waals surface area contributed by atoms with Crippen LogP contribution >= 0.6 is 11.8 Å². The lowest BCUT2D eigenvalue weighted by Gasteiger charge is -2.22. The van der Waals surface area contributed by atoms with E-state index in [9.17, 15) is 18.0 Å². The van der Waals surface area contributed by atoms with Gasteiger partial charge in [-0.05, 0) is 44.0 Å². The van der Waals surface area contributed by atoms with Crippen molar-refractivity contribution in [3.8, 4) is 5.75 Å². The zero-order valence-electron chi connectivity index (χ0n) is 14.1. The molecule has 0 spiro atoms. The summed E-state index contributed by atoms with van der Waals surface area (Å²) in [5.74, 6) is 0.558. The van der Waals surface area contributed by atoms with Crippen LogP contribution in [0.4, 0.5) is 4.79 Å². The van der Waals surface area contributed by atoms with Gasteiger partial charge in [0.15, 0.2) is 0 Å². The molecule has 136 valence electrons. The summed E-state index contributed by atoms with van der Waals surface area (Å²) in [5, 5.41) is -0.286. The van der Waals surface area contributed by atoms with Crippen molar-refractivity contribution in [3.63, 3.8) is 0 Å². The number of hydrogen-bond acceptors (Lipinski definition) is 6. The van der Waals surface area contributed by atoms with Crippen molar-refractivity contribution in [1.29, 1.82) is 0 Å². The quantitative estimate of drug-likeness (QED) is 0.770. The summed E-state index contributed by atoms with van der Waals surface area (Å²) in [6.45, 7) is 4.62. The molecule has 2 saturated heterocycles. The Labute approximate surface area is 151 Å². The van der Waals surface area contributed by atoms with E-state index in [4.69, 9.17) is 4.74 Å². The van der Waals surface area contributed by atoms with Gasteiger partial charge in [0.1, 0.15) is 5.75 Å². The minimum Gasteiger partial charge on any atom is -0.494 e. The first-order valence-corrected chi connectivity index (χ1v) is 10.5. The highest BCUT2D eigenvalue weighted by Gasteiger charge is 2.42. The van der Waals surface area contributed by atoms with Gasteiger partial charge in [0.2, 0.25) is 15.9 Å². The Morgan fingerprint density at radius 1 is 1.32 bits per heavy atom. The standard InChI is InChI=1S/C16H20N2O5S2/c1-3-23-14-5-4-13(8-11(14)2)25(21,22)17-7-6-12(9-17)18-15(19)10-24-16(18)20/h4-5,8,12H,3,6-7,9-10H2,1-2H3/t12-/m1/s1. The number of aryl methyl sites for hydroxylation is 1. The van der Waals surface area contributed by atoms with Crippen LogP contribution in [0.2, 0.25) is 0 Å². The second kappa shape index (κ2) is 6.97. The fourth-order valence-electron chi connectivity index (χ4n) is 3.11. The molecule has 9 heteroatoms. The summed E-state index contributed by atoms with van der Waals surface area (Å²) in [6, 6.07) is 4.40. The van der Waals surface area contributed by atoms with Crippen LogP contribution < -0.4 is 4.74 Å². The summed E-state index contributed by atoms with van der Waals surface area (Å²) >= 11 is 0.969. The maximum Gasteiger partial charge on any atom is 0.289 e. The van der Waals surface area contributed by atoms with Gasteiger partial charge in [-0.3, -0.25) is 14.5 Å². The van der Waals surface area contributed by atoms with Crippen molar-refractivity contribution in [3.05, 3.63) is 23.8 Å². The predicted molar refractivity (Wildman–Crippen MR) is 94.2 cm³/mol. The number of sulfonamides is 1. The van der Waals surface area contributed by atoms with Crippen LogP contribution in [0.15, 0.2) is 23.1 Å². The zero-order valence-corrected chi connectivity index (χ0v) is 15.7. The Hall–Kier alpha value is -1.58. The number of rotatable bonds is 5. The van der Waals surface area contributed by atoms with E-state index in [1.165, 1.54) is 15.3 Å². The van der Waals surface area contributed by atoms with Crippen LogP contribution in [0.3, 0.4) is 0 Å². The van der Waals surface area contributed by atoms with E-state index < -0.39 is 10.0 Å². The lowest BCUT2D eigenvalue weighted by atomic mass is 10.2. The minimum absolute atomic E-state index is 0.139. The van der Waals surface area contributed by atoms with Gasteiger partial charge >= 0.3 is 0 Å². The normalized spacial score (nSPS) is 22.0. The maximum atomic E-state index is 12.9. The molecule has 0 unspecified atom stereocenters. The van der Waals surface area contributed by atoms with Gasteiger partial charge in [-0.15, -0.1) is 0 Å². The second-order valence-electron chi connectivity index (χ2n) is 5.98. The van der Waals surface area contributed by atoms with E-state index in [1.54, 1.807) is 19.1 Å². The van der Waals surface area contributed by atoms with Gasteiger partial charge in [0.05, 0.1) is 23.3 Å². The van der Waals surface area contributed by atoms with Crippen molar-refractivity contribution in [2.75, 3.05) is 25.4 Å². The number of nitrogens with zero attached hydrogens (tertiary/aromatic N) is 2. The van der Waals surface area contributed by atoms with Crippen molar-refractivity contribution >= 4 is 32.9 Å². The van der Waals surface area contributed by atoms with Crippen LogP contribution in [0.25, 0.3) is 0 Å². The molecular formula is C16H20N2O5S2. The first kappa shape index (κ1) is 18.2. The molecule has 0 bridgehead atoms. The third-order valence-corrected chi connectivity index (χ3v) is 7.06. The largest absolute Gasteiger partial charge is 0.494 e. The number of amides is 2. The van der Waals surface area contributed by atoms with Crippen molar-refractivity contribution < 1.29 is 22.7 Å². The second-order valence-corrected chi connectivity index (χ2v) is 8.85. The summed E-state index contributed by atoms with van der Waals surface area (Å²) in [5.41, 5.74) is 0.750. The molecule has 2 aliphatic rings. The summed E-state index contributed by atoms with van der Waals surface area (Å²) < 4.78 is 32.5. The van der Waals surface area contributed by atoms with Crippen molar-refractivity contribution in [1.82, 2.24) is 9.21 Å². The smallest absolute Gasteiger partial charge is 0.289 e. The molecule has 2 fully saturated rings. The fourth-order valence-corrected chi connectivity index (χ4v) is 5.46. The van der Waals surface area contributed by atoms with Crippen LogP contribution in [0.1, 0.15) is 18.9 Å². The highest BCUT2D eigenvalue weighted by atomic mass is 32.2. The molecule has 0 aromatic heterocycles. The Balaban J connectivity index is 1.78. The number of carbonyl (C=O) groups excluding carboxylic acids is 2. The molecule has 1 atom stereocenters. The van der Waals surface area contributed by atoms with E-state index in [1.807, 2.05) is 6.92 Å². The highest BCUT2D eigenvalue weighted by Crippen LogP contribution is 2.30. The third kappa shape index (κ3) is 3.40. The van der Waals surface area contributed by atoms with Crippen LogP contribution in [0, 0.1) is 6.92 Å². The third-order valence-electron chi connectivity index (χ3n) is 4.36. The highest BCUT2D eigenvalue weighted by molar-refractivity contribution is 8.14. The van der Waals surface area contributed by atoms with Gasteiger partial charge in [-0.2, -0.15) is 4.31 Å². The van der Waals surface area contributed by atoms with Gasteiger partial charge < -0.3 is 4.74 Å². The Morgan fingerprint density at radius 3 is 2.68 bits per heavy atom. The Kier molecular flexibility index (Phi) is 5.08. The molecular weight excluding hydrogens is 364 g/mol. The Morgan fingerprint density at radius 2 is 2.08 bits per heavy atom. The average molecular weight is 384 g/mol. The molecule has 1 aromatic carbocycles. The molecule has 7 nitrogen and oxygen atoms in total. The van der Waals surface area contributed by atoms with Crippen molar-refractivity contribution in [2.24, 2.45) is 0 Å². The van der Waals surface area contributed by atoms with Crippen LogP contribution in [0.5, 0.6) is 5.75 Å². The predicted octanol–water partition coefficient (Wildman–Crippen LogP) is 1.85. The topological polar surface area (TPSA) is 84.0 Å². The molecule has 0 N–H and O–H groups in total. The lowest BCUT2D eigenvalue weighted by Crippen LogP contribution is -2.41. The van der Waals surface area contributed by atoms with Gasteiger partial charge in [0.25, 0.3) is 5.24 Å². The van der Waals surface area contributed by atoms with Gasteiger partial charge in [-0.25, -0.2) is 8.42 Å². The summed E-state index contributed by atoms with van der Waals surface area (Å²) in [7, 11) is -3.67. The number of benzene rings is 1. The van der Waals surface area contributed by atoms with E-state index in [0.29, 0.717) is 25.3 Å². The molecule has 0 radical (unpaired) electrons. The van der Waals surface area contributed by atoms with E-state index in [2.05, 4.69) is 0 Å². The SMILES string of the molecule is CCOc1ccc(S(=O)(=O)N2CC[C@@H](N3C(=O)CSC3=O)C2)cc1C. The first-order chi connectivity index (χ1) is 11.8. The van der Waals surface area contributed by atoms with E-state index in [0.717, 1.165) is 17.3 Å². The molecule has 2 heterocycles. The van der Waals surface area contributed by atoms with E-state index >= 15 is 0 Å². The van der Waals surface area contributed by atoms with Crippen LogP contribution in [-0.2, 0) is 14.8 Å². The maximum absolute atomic E-state index is 12.9. The Bertz CT molecular complexity index is 793. The monoisotopic (exact) mass is 384 g/mol. The molecule has 2 amide bonds. The molecule has 25 heavy (non-hydrogen) atoms. The van der Waals surface area contributed by atoms with Crippen molar-refractivity contribution in [2.45, 2.75) is 31.2 Å². The number of imide groups is 1. The number of thioether (sulfide) groups is 1. The number of ether oxygens (including phenoxy) is 1. The number of carbonyl (C=O) groups is 2. The average Bonchev–Trinajstić information content (AvgIpc) is 3.16. The number of hydrogen-bond donors (Lipinski definition) is 0. The minimum atomic E-state index is -3.67. The zero-order chi connectivity index (χ0) is 18.2. The van der Waals surface area contributed by atoms with E-state index in [-0.39, 0.29) is 34.4 Å². The molecule has 0 aliphatic carbocycles. The summed E-state index contributed by atoms with van der Waals surface area (Å²) in [4.78, 5) is 25.1.